The third kappa shape index (κ3) is 2.92. The number of urea groups is 1. The number of rotatable bonds is 0. The number of carbonyl (C=O) groups is 1. The van der Waals surface area contributed by atoms with Gasteiger partial charge in [0.1, 0.15) is 0 Å². The second-order valence-corrected chi connectivity index (χ2v) is 5.76. The molecule has 0 aromatic carbocycles. The lowest BCUT2D eigenvalue weighted by atomic mass is 9.96. The van der Waals surface area contributed by atoms with Gasteiger partial charge in [-0.1, -0.05) is 13.8 Å². The highest BCUT2D eigenvalue weighted by molar-refractivity contribution is 5.74. The van der Waals surface area contributed by atoms with E-state index in [1.54, 1.807) is 0 Å². The molecule has 0 spiro atoms. The maximum atomic E-state index is 12.3. The Hall–Kier alpha value is -0.770. The molecule has 4 nitrogen and oxygen atoms in total. The van der Waals surface area contributed by atoms with Crippen molar-refractivity contribution < 1.29 is 9.90 Å². The third-order valence-corrected chi connectivity index (χ3v) is 4.06. The lowest BCUT2D eigenvalue weighted by Gasteiger charge is -2.39. The first-order valence-corrected chi connectivity index (χ1v) is 6.80. The van der Waals surface area contributed by atoms with Gasteiger partial charge in [-0.05, 0) is 31.1 Å². The van der Waals surface area contributed by atoms with Crippen molar-refractivity contribution in [2.45, 2.75) is 39.2 Å². The molecule has 1 N–H and O–H groups in total. The van der Waals surface area contributed by atoms with E-state index >= 15 is 0 Å². The fourth-order valence-corrected chi connectivity index (χ4v) is 2.87. The SMILES string of the molecule is CC1CCCN(C(=O)N2CCC(O)C(C)C2)C1. The molecule has 2 amide bonds. The van der Waals surface area contributed by atoms with Gasteiger partial charge in [0.05, 0.1) is 6.10 Å². The van der Waals surface area contributed by atoms with Crippen LogP contribution in [0.5, 0.6) is 0 Å². The average molecular weight is 240 g/mol. The summed E-state index contributed by atoms with van der Waals surface area (Å²) in [5, 5.41) is 9.68. The Morgan fingerprint density at radius 1 is 1.12 bits per heavy atom. The second kappa shape index (κ2) is 5.25. The summed E-state index contributed by atoms with van der Waals surface area (Å²) in [5.41, 5.74) is 0. The molecule has 2 aliphatic rings. The van der Waals surface area contributed by atoms with E-state index < -0.39 is 0 Å². The molecule has 0 bridgehead atoms. The van der Waals surface area contributed by atoms with Crippen LogP contribution in [0.4, 0.5) is 4.79 Å². The standard InChI is InChI=1S/C13H24N2O2/c1-10-4-3-6-14(8-10)13(17)15-7-5-12(16)11(2)9-15/h10-12,16H,3-9H2,1-2H3. The lowest BCUT2D eigenvalue weighted by molar-refractivity contribution is 0.0373. The summed E-state index contributed by atoms with van der Waals surface area (Å²) in [6.45, 7) is 7.42. The summed E-state index contributed by atoms with van der Waals surface area (Å²) in [7, 11) is 0. The Morgan fingerprint density at radius 3 is 2.47 bits per heavy atom. The fraction of sp³-hybridized carbons (Fsp3) is 0.923. The zero-order chi connectivity index (χ0) is 12.4. The molecule has 98 valence electrons. The number of aliphatic hydroxyl groups excluding tert-OH is 1. The van der Waals surface area contributed by atoms with Gasteiger partial charge in [0.15, 0.2) is 0 Å². The van der Waals surface area contributed by atoms with Crippen molar-refractivity contribution in [3.8, 4) is 0 Å². The topological polar surface area (TPSA) is 43.8 Å². The second-order valence-electron chi connectivity index (χ2n) is 5.76. The van der Waals surface area contributed by atoms with Crippen LogP contribution < -0.4 is 0 Å². The molecule has 2 rings (SSSR count). The number of piperidine rings is 2. The largest absolute Gasteiger partial charge is 0.393 e. The first-order chi connectivity index (χ1) is 8.08. The normalized spacial score (nSPS) is 34.9. The summed E-state index contributed by atoms with van der Waals surface area (Å²) < 4.78 is 0. The summed E-state index contributed by atoms with van der Waals surface area (Å²) in [5.74, 6) is 0.829. The number of hydrogen-bond donors (Lipinski definition) is 1. The Labute approximate surface area is 104 Å². The molecule has 3 unspecified atom stereocenters. The highest BCUT2D eigenvalue weighted by Gasteiger charge is 2.31. The van der Waals surface area contributed by atoms with Gasteiger partial charge in [-0.2, -0.15) is 0 Å². The fourth-order valence-electron chi connectivity index (χ4n) is 2.87. The first kappa shape index (κ1) is 12.7. The van der Waals surface area contributed by atoms with Gasteiger partial charge in [0, 0.05) is 26.2 Å². The van der Waals surface area contributed by atoms with E-state index in [0.717, 1.165) is 25.9 Å². The summed E-state index contributed by atoms with van der Waals surface area (Å²) >= 11 is 0. The van der Waals surface area contributed by atoms with Gasteiger partial charge in [-0.25, -0.2) is 4.79 Å². The third-order valence-electron chi connectivity index (χ3n) is 4.06. The molecule has 0 saturated carbocycles. The molecule has 3 atom stereocenters. The highest BCUT2D eigenvalue weighted by atomic mass is 16.3. The molecule has 0 aromatic heterocycles. The van der Waals surface area contributed by atoms with Gasteiger partial charge < -0.3 is 14.9 Å². The molecule has 2 heterocycles. The zero-order valence-corrected chi connectivity index (χ0v) is 10.9. The molecule has 0 aliphatic carbocycles. The molecule has 0 radical (unpaired) electrons. The van der Waals surface area contributed by atoms with Crippen LogP contribution in [0.15, 0.2) is 0 Å². The number of likely N-dealkylation sites (tertiary alicyclic amines) is 2. The number of hydrogen-bond acceptors (Lipinski definition) is 2. The average Bonchev–Trinajstić information content (AvgIpc) is 2.32. The molecular weight excluding hydrogens is 216 g/mol. The van der Waals surface area contributed by atoms with Crippen molar-refractivity contribution in [3.63, 3.8) is 0 Å². The van der Waals surface area contributed by atoms with E-state index in [4.69, 9.17) is 0 Å². The molecule has 0 aromatic rings. The smallest absolute Gasteiger partial charge is 0.320 e. The number of amides is 2. The Morgan fingerprint density at radius 2 is 1.82 bits per heavy atom. The molecule has 4 heteroatoms. The highest BCUT2D eigenvalue weighted by Crippen LogP contribution is 2.21. The number of aliphatic hydroxyl groups is 1. The molecule has 17 heavy (non-hydrogen) atoms. The Balaban J connectivity index is 1.91. The Bertz CT molecular complexity index is 283. The van der Waals surface area contributed by atoms with E-state index in [1.807, 2.05) is 16.7 Å². The minimum Gasteiger partial charge on any atom is -0.393 e. The van der Waals surface area contributed by atoms with E-state index in [2.05, 4.69) is 6.92 Å². The van der Waals surface area contributed by atoms with Gasteiger partial charge in [-0.15, -0.1) is 0 Å². The quantitative estimate of drug-likeness (QED) is 0.698. The van der Waals surface area contributed by atoms with Crippen molar-refractivity contribution >= 4 is 6.03 Å². The number of carbonyl (C=O) groups excluding carboxylic acids is 1. The van der Waals surface area contributed by atoms with Crippen molar-refractivity contribution in [2.75, 3.05) is 26.2 Å². The predicted molar refractivity (Wildman–Crippen MR) is 66.7 cm³/mol. The summed E-state index contributed by atoms with van der Waals surface area (Å²) in [6, 6.07) is 0.176. The van der Waals surface area contributed by atoms with Crippen LogP contribution in [0.1, 0.15) is 33.1 Å². The van der Waals surface area contributed by atoms with E-state index in [9.17, 15) is 9.90 Å². The zero-order valence-electron chi connectivity index (χ0n) is 10.9. The van der Waals surface area contributed by atoms with Crippen LogP contribution in [-0.2, 0) is 0 Å². The van der Waals surface area contributed by atoms with Gasteiger partial charge in [0.25, 0.3) is 0 Å². The van der Waals surface area contributed by atoms with Crippen LogP contribution in [0, 0.1) is 11.8 Å². The molecule has 2 aliphatic heterocycles. The van der Waals surface area contributed by atoms with Crippen LogP contribution in [0.25, 0.3) is 0 Å². The summed E-state index contributed by atoms with van der Waals surface area (Å²) in [6.07, 6.45) is 2.84. The van der Waals surface area contributed by atoms with Crippen molar-refractivity contribution in [1.29, 1.82) is 0 Å². The predicted octanol–water partition coefficient (Wildman–Crippen LogP) is 1.54. The minimum absolute atomic E-state index is 0.176. The lowest BCUT2D eigenvalue weighted by Crippen LogP contribution is -2.52. The van der Waals surface area contributed by atoms with Crippen molar-refractivity contribution in [1.82, 2.24) is 9.80 Å². The van der Waals surface area contributed by atoms with Crippen LogP contribution in [-0.4, -0.2) is 53.2 Å². The number of nitrogens with zero attached hydrogens (tertiary/aromatic N) is 2. The van der Waals surface area contributed by atoms with Crippen molar-refractivity contribution in [3.05, 3.63) is 0 Å². The molecular formula is C13H24N2O2. The first-order valence-electron chi connectivity index (χ1n) is 6.80. The van der Waals surface area contributed by atoms with Crippen LogP contribution in [0.3, 0.4) is 0 Å². The minimum atomic E-state index is -0.237. The maximum Gasteiger partial charge on any atom is 0.320 e. The maximum absolute atomic E-state index is 12.3. The van der Waals surface area contributed by atoms with Gasteiger partial charge in [0.2, 0.25) is 0 Å². The van der Waals surface area contributed by atoms with Gasteiger partial charge >= 0.3 is 6.03 Å². The van der Waals surface area contributed by atoms with E-state index in [1.165, 1.54) is 6.42 Å². The van der Waals surface area contributed by atoms with E-state index in [0.29, 0.717) is 19.0 Å². The van der Waals surface area contributed by atoms with Crippen molar-refractivity contribution in [2.24, 2.45) is 11.8 Å². The monoisotopic (exact) mass is 240 g/mol. The van der Waals surface area contributed by atoms with Crippen LogP contribution >= 0.6 is 0 Å². The van der Waals surface area contributed by atoms with E-state index in [-0.39, 0.29) is 18.1 Å². The Kier molecular flexibility index (Phi) is 3.92. The summed E-state index contributed by atoms with van der Waals surface area (Å²) in [4.78, 5) is 16.2. The van der Waals surface area contributed by atoms with Gasteiger partial charge in [-0.3, -0.25) is 0 Å². The van der Waals surface area contributed by atoms with Crippen LogP contribution in [0.2, 0.25) is 0 Å². The molecule has 2 fully saturated rings. The molecule has 2 saturated heterocycles.